The van der Waals surface area contributed by atoms with Gasteiger partial charge in [-0.05, 0) is 43.4 Å². The maximum atomic E-state index is 13.3. The van der Waals surface area contributed by atoms with Crippen LogP contribution in [0.5, 0.6) is 0 Å². The van der Waals surface area contributed by atoms with E-state index in [0.717, 1.165) is 19.3 Å². The van der Waals surface area contributed by atoms with E-state index in [1.165, 1.54) is 18.2 Å². The van der Waals surface area contributed by atoms with Crippen molar-refractivity contribution in [2.75, 3.05) is 6.61 Å². The van der Waals surface area contributed by atoms with Crippen LogP contribution >= 0.6 is 0 Å². The standard InChI is InChI=1S/C16H18FNO2/c1-11-4-7-14(9-11)18-16(20)15-10-13(17)6-5-12(15)3-2-8-19/h5-6,10-11,14,19H,4,7-9H2,1H3,(H,18,20). The zero-order chi connectivity index (χ0) is 14.5. The first-order valence-corrected chi connectivity index (χ1v) is 6.80. The number of carbonyl (C=O) groups excluding carboxylic acids is 1. The number of nitrogens with one attached hydrogen (secondary N) is 1. The van der Waals surface area contributed by atoms with Crippen LogP contribution in [-0.4, -0.2) is 23.7 Å². The lowest BCUT2D eigenvalue weighted by atomic mass is 10.1. The van der Waals surface area contributed by atoms with Crippen LogP contribution < -0.4 is 5.32 Å². The SMILES string of the molecule is CC1CCC(NC(=O)c2cc(F)ccc2C#CCO)C1. The number of aliphatic hydroxyl groups excluding tert-OH is 1. The first-order chi connectivity index (χ1) is 9.60. The van der Waals surface area contributed by atoms with Gasteiger partial charge in [-0.25, -0.2) is 4.39 Å². The molecular weight excluding hydrogens is 257 g/mol. The van der Waals surface area contributed by atoms with Gasteiger partial charge in [-0.3, -0.25) is 4.79 Å². The summed E-state index contributed by atoms with van der Waals surface area (Å²) < 4.78 is 13.3. The van der Waals surface area contributed by atoms with Crippen LogP contribution in [0.1, 0.15) is 42.1 Å². The van der Waals surface area contributed by atoms with Gasteiger partial charge in [0, 0.05) is 11.6 Å². The molecule has 2 atom stereocenters. The van der Waals surface area contributed by atoms with Crippen molar-refractivity contribution in [1.29, 1.82) is 0 Å². The van der Waals surface area contributed by atoms with Gasteiger partial charge >= 0.3 is 0 Å². The predicted octanol–water partition coefficient (Wildman–Crippen LogP) is 2.09. The van der Waals surface area contributed by atoms with Gasteiger partial charge in [0.05, 0.1) is 5.56 Å². The van der Waals surface area contributed by atoms with E-state index in [1.54, 1.807) is 0 Å². The van der Waals surface area contributed by atoms with Gasteiger partial charge in [0.2, 0.25) is 0 Å². The number of carbonyl (C=O) groups is 1. The Morgan fingerprint density at radius 1 is 1.50 bits per heavy atom. The van der Waals surface area contributed by atoms with Crippen molar-refractivity contribution < 1.29 is 14.3 Å². The second-order valence-electron chi connectivity index (χ2n) is 5.24. The number of benzene rings is 1. The van der Waals surface area contributed by atoms with Gasteiger partial charge < -0.3 is 10.4 Å². The fraction of sp³-hybridized carbons (Fsp3) is 0.438. The highest BCUT2D eigenvalue weighted by Crippen LogP contribution is 2.25. The zero-order valence-electron chi connectivity index (χ0n) is 11.4. The van der Waals surface area contributed by atoms with E-state index in [-0.39, 0.29) is 24.1 Å². The predicted molar refractivity (Wildman–Crippen MR) is 74.6 cm³/mol. The molecule has 1 aliphatic rings. The third kappa shape index (κ3) is 3.58. The van der Waals surface area contributed by atoms with Crippen molar-refractivity contribution >= 4 is 5.91 Å². The van der Waals surface area contributed by atoms with E-state index < -0.39 is 5.82 Å². The van der Waals surface area contributed by atoms with E-state index in [9.17, 15) is 9.18 Å². The third-order valence-electron chi connectivity index (χ3n) is 3.56. The van der Waals surface area contributed by atoms with Gasteiger partial charge in [-0.1, -0.05) is 18.8 Å². The molecule has 1 fully saturated rings. The highest BCUT2D eigenvalue weighted by Gasteiger charge is 2.24. The molecule has 2 N–H and O–H groups in total. The molecule has 20 heavy (non-hydrogen) atoms. The molecule has 0 aromatic heterocycles. The topological polar surface area (TPSA) is 49.3 Å². The van der Waals surface area contributed by atoms with Crippen LogP contribution in [0.15, 0.2) is 18.2 Å². The smallest absolute Gasteiger partial charge is 0.252 e. The molecule has 2 unspecified atom stereocenters. The molecule has 4 heteroatoms. The maximum Gasteiger partial charge on any atom is 0.252 e. The monoisotopic (exact) mass is 275 g/mol. The van der Waals surface area contributed by atoms with E-state index in [1.807, 2.05) is 0 Å². The van der Waals surface area contributed by atoms with Crippen LogP contribution in [-0.2, 0) is 0 Å². The summed E-state index contributed by atoms with van der Waals surface area (Å²) in [5.74, 6) is 5.00. The molecule has 1 aliphatic carbocycles. The van der Waals surface area contributed by atoms with Gasteiger partial charge in [-0.15, -0.1) is 0 Å². The molecule has 1 amide bonds. The number of halogens is 1. The first-order valence-electron chi connectivity index (χ1n) is 6.80. The van der Waals surface area contributed by atoms with Crippen LogP contribution in [0, 0.1) is 23.6 Å². The van der Waals surface area contributed by atoms with E-state index >= 15 is 0 Å². The lowest BCUT2D eigenvalue weighted by Gasteiger charge is -2.13. The minimum Gasteiger partial charge on any atom is -0.384 e. The molecule has 106 valence electrons. The molecule has 0 radical (unpaired) electrons. The Morgan fingerprint density at radius 3 is 2.95 bits per heavy atom. The van der Waals surface area contributed by atoms with E-state index in [2.05, 4.69) is 24.1 Å². The van der Waals surface area contributed by atoms with Gasteiger partial charge in [0.25, 0.3) is 5.91 Å². The van der Waals surface area contributed by atoms with Gasteiger partial charge in [0.1, 0.15) is 12.4 Å². The summed E-state index contributed by atoms with van der Waals surface area (Å²) in [6.07, 6.45) is 3.02. The van der Waals surface area contributed by atoms with E-state index in [0.29, 0.717) is 11.5 Å². The van der Waals surface area contributed by atoms with Crippen molar-refractivity contribution in [3.05, 3.63) is 35.1 Å². The Hall–Kier alpha value is -1.86. The minimum absolute atomic E-state index is 0.152. The molecule has 0 aliphatic heterocycles. The normalized spacial score (nSPS) is 21.1. The lowest BCUT2D eigenvalue weighted by Crippen LogP contribution is -2.33. The molecule has 1 saturated carbocycles. The molecule has 0 saturated heterocycles. The molecule has 1 aromatic rings. The number of hydrogen-bond donors (Lipinski definition) is 2. The minimum atomic E-state index is -0.468. The van der Waals surface area contributed by atoms with Crippen molar-refractivity contribution in [2.24, 2.45) is 5.92 Å². The Morgan fingerprint density at radius 2 is 2.30 bits per heavy atom. The van der Waals surface area contributed by atoms with Crippen molar-refractivity contribution in [3.8, 4) is 11.8 Å². The maximum absolute atomic E-state index is 13.3. The summed E-state index contributed by atoms with van der Waals surface area (Å²) in [5.41, 5.74) is 0.662. The molecular formula is C16H18FNO2. The number of amides is 1. The fourth-order valence-electron chi connectivity index (χ4n) is 2.55. The summed E-state index contributed by atoms with van der Waals surface area (Å²) in [6, 6.07) is 4.06. The Balaban J connectivity index is 2.17. The van der Waals surface area contributed by atoms with Crippen LogP contribution in [0.2, 0.25) is 0 Å². The highest BCUT2D eigenvalue weighted by atomic mass is 19.1. The number of rotatable bonds is 2. The summed E-state index contributed by atoms with van der Waals surface area (Å²) >= 11 is 0. The number of aliphatic hydroxyl groups is 1. The molecule has 3 nitrogen and oxygen atoms in total. The Labute approximate surface area is 118 Å². The highest BCUT2D eigenvalue weighted by molar-refractivity contribution is 5.97. The summed E-state index contributed by atoms with van der Waals surface area (Å²) in [7, 11) is 0. The van der Waals surface area contributed by atoms with Gasteiger partial charge in [-0.2, -0.15) is 0 Å². The summed E-state index contributed by atoms with van der Waals surface area (Å²) in [4.78, 5) is 12.2. The van der Waals surface area contributed by atoms with Crippen molar-refractivity contribution in [1.82, 2.24) is 5.32 Å². The largest absolute Gasteiger partial charge is 0.384 e. The van der Waals surface area contributed by atoms with Crippen LogP contribution in [0.4, 0.5) is 4.39 Å². The number of hydrogen-bond acceptors (Lipinski definition) is 2. The molecule has 1 aromatic carbocycles. The summed E-state index contributed by atoms with van der Waals surface area (Å²) in [6.45, 7) is 1.87. The summed E-state index contributed by atoms with van der Waals surface area (Å²) in [5, 5.41) is 11.7. The third-order valence-corrected chi connectivity index (χ3v) is 3.56. The van der Waals surface area contributed by atoms with Crippen LogP contribution in [0.3, 0.4) is 0 Å². The quantitative estimate of drug-likeness (QED) is 0.812. The Bertz CT molecular complexity index is 559. The molecule has 0 bridgehead atoms. The van der Waals surface area contributed by atoms with Crippen molar-refractivity contribution in [2.45, 2.75) is 32.2 Å². The zero-order valence-corrected chi connectivity index (χ0v) is 11.4. The molecule has 0 heterocycles. The van der Waals surface area contributed by atoms with Crippen LogP contribution in [0.25, 0.3) is 0 Å². The van der Waals surface area contributed by atoms with Crippen molar-refractivity contribution in [3.63, 3.8) is 0 Å². The molecule has 2 rings (SSSR count). The average Bonchev–Trinajstić information content (AvgIpc) is 2.82. The second kappa shape index (κ2) is 6.53. The average molecular weight is 275 g/mol. The molecule has 0 spiro atoms. The fourth-order valence-corrected chi connectivity index (χ4v) is 2.55. The van der Waals surface area contributed by atoms with Gasteiger partial charge in [0.15, 0.2) is 0 Å². The second-order valence-corrected chi connectivity index (χ2v) is 5.24. The lowest BCUT2D eigenvalue weighted by molar-refractivity contribution is 0.0936. The Kier molecular flexibility index (Phi) is 4.75. The first kappa shape index (κ1) is 14.5. The van der Waals surface area contributed by atoms with E-state index in [4.69, 9.17) is 5.11 Å².